The first-order valence-corrected chi connectivity index (χ1v) is 8.23. The maximum atomic E-state index is 10.8. The van der Waals surface area contributed by atoms with Crippen molar-refractivity contribution in [2.45, 2.75) is 64.6 Å². The number of carbonyl (C=O) groups is 1. The summed E-state index contributed by atoms with van der Waals surface area (Å²) in [6.45, 7) is 10.9. The zero-order valence-electron chi connectivity index (χ0n) is 13.1. The number of carboxylic acids is 1. The predicted octanol–water partition coefficient (Wildman–Crippen LogP) is 4.18. The number of carboxylic acid groups (broad SMARTS) is 1. The Bertz CT molecular complexity index is 441. The fourth-order valence-corrected chi connectivity index (χ4v) is 2.97. The SMILES string of the molecule is CC(C)CCC(C)n1c(C(C)C)cnc1SCC(=O)O. The number of thioether (sulfide) groups is 1. The molecule has 1 atom stereocenters. The summed E-state index contributed by atoms with van der Waals surface area (Å²) in [5, 5.41) is 9.66. The third-order valence-corrected chi connectivity index (χ3v) is 4.26. The first-order valence-electron chi connectivity index (χ1n) is 7.24. The fourth-order valence-electron chi connectivity index (χ4n) is 2.16. The molecule has 1 N–H and O–H groups in total. The molecule has 0 bridgehead atoms. The third kappa shape index (κ3) is 4.85. The van der Waals surface area contributed by atoms with Crippen molar-refractivity contribution in [3.8, 4) is 0 Å². The number of nitrogens with zero attached hydrogens (tertiary/aromatic N) is 2. The minimum atomic E-state index is -0.800. The van der Waals surface area contributed by atoms with Crippen LogP contribution in [0, 0.1) is 5.92 Å². The molecule has 0 saturated heterocycles. The highest BCUT2D eigenvalue weighted by atomic mass is 32.2. The largest absolute Gasteiger partial charge is 0.481 e. The van der Waals surface area contributed by atoms with Gasteiger partial charge in [0.25, 0.3) is 0 Å². The van der Waals surface area contributed by atoms with Crippen molar-refractivity contribution in [2.75, 3.05) is 5.75 Å². The van der Waals surface area contributed by atoms with E-state index in [1.165, 1.54) is 23.9 Å². The molecule has 1 heterocycles. The highest BCUT2D eigenvalue weighted by molar-refractivity contribution is 7.99. The number of rotatable bonds is 8. The normalized spacial score (nSPS) is 13.2. The van der Waals surface area contributed by atoms with E-state index < -0.39 is 5.97 Å². The second kappa shape index (κ2) is 7.72. The molecule has 0 amide bonds. The Morgan fingerprint density at radius 2 is 1.95 bits per heavy atom. The van der Waals surface area contributed by atoms with E-state index in [1.54, 1.807) is 0 Å². The Morgan fingerprint density at radius 3 is 2.45 bits per heavy atom. The molecule has 0 saturated carbocycles. The minimum Gasteiger partial charge on any atom is -0.481 e. The van der Waals surface area contributed by atoms with Gasteiger partial charge in [0, 0.05) is 17.9 Å². The molecule has 4 nitrogen and oxygen atoms in total. The lowest BCUT2D eigenvalue weighted by atomic mass is 10.0. The number of imidazole rings is 1. The average Bonchev–Trinajstić information content (AvgIpc) is 2.77. The average molecular weight is 298 g/mol. The molecule has 0 radical (unpaired) electrons. The van der Waals surface area contributed by atoms with Crippen LogP contribution in [0.1, 0.15) is 65.1 Å². The topological polar surface area (TPSA) is 55.1 Å². The molecule has 1 unspecified atom stereocenters. The van der Waals surface area contributed by atoms with E-state index in [1.807, 2.05) is 6.20 Å². The van der Waals surface area contributed by atoms with Gasteiger partial charge in [-0.2, -0.15) is 0 Å². The number of hydrogen-bond acceptors (Lipinski definition) is 3. The Morgan fingerprint density at radius 1 is 1.30 bits per heavy atom. The molecule has 1 rings (SSSR count). The summed E-state index contributed by atoms with van der Waals surface area (Å²) in [6.07, 6.45) is 4.15. The van der Waals surface area contributed by atoms with Crippen molar-refractivity contribution in [1.82, 2.24) is 9.55 Å². The molecule has 114 valence electrons. The molecule has 0 aliphatic heterocycles. The molecular weight excluding hydrogens is 272 g/mol. The van der Waals surface area contributed by atoms with E-state index in [2.05, 4.69) is 44.2 Å². The summed E-state index contributed by atoms with van der Waals surface area (Å²) in [5.41, 5.74) is 1.19. The van der Waals surface area contributed by atoms with E-state index in [4.69, 9.17) is 5.11 Å². The van der Waals surface area contributed by atoms with Crippen LogP contribution in [0.5, 0.6) is 0 Å². The van der Waals surface area contributed by atoms with E-state index in [-0.39, 0.29) is 5.75 Å². The van der Waals surface area contributed by atoms with Crippen molar-refractivity contribution in [3.63, 3.8) is 0 Å². The molecule has 0 aromatic carbocycles. The first-order chi connectivity index (χ1) is 9.32. The lowest BCUT2D eigenvalue weighted by molar-refractivity contribution is -0.133. The standard InChI is InChI=1S/C15H26N2O2S/c1-10(2)6-7-12(5)17-13(11(3)4)8-16-15(17)20-9-14(18)19/h8,10-12H,6-7,9H2,1-5H3,(H,18,19). The Hall–Kier alpha value is -0.970. The smallest absolute Gasteiger partial charge is 0.313 e. The molecule has 5 heteroatoms. The van der Waals surface area contributed by atoms with Gasteiger partial charge in [0.2, 0.25) is 0 Å². The van der Waals surface area contributed by atoms with Gasteiger partial charge in [-0.25, -0.2) is 4.98 Å². The van der Waals surface area contributed by atoms with Crippen molar-refractivity contribution in [3.05, 3.63) is 11.9 Å². The molecule has 1 aromatic rings. The lowest BCUT2D eigenvalue weighted by Crippen LogP contribution is -2.13. The maximum Gasteiger partial charge on any atom is 0.313 e. The van der Waals surface area contributed by atoms with Crippen molar-refractivity contribution < 1.29 is 9.90 Å². The van der Waals surface area contributed by atoms with Crippen molar-refractivity contribution in [2.24, 2.45) is 5.92 Å². The van der Waals surface area contributed by atoms with Gasteiger partial charge in [0.05, 0.1) is 5.75 Å². The number of aromatic nitrogens is 2. The molecule has 0 fully saturated rings. The van der Waals surface area contributed by atoms with Gasteiger partial charge in [-0.05, 0) is 31.6 Å². The fraction of sp³-hybridized carbons (Fsp3) is 0.733. The van der Waals surface area contributed by atoms with E-state index in [0.717, 1.165) is 11.6 Å². The molecule has 1 aromatic heterocycles. The molecule has 20 heavy (non-hydrogen) atoms. The van der Waals surface area contributed by atoms with Crippen LogP contribution in [-0.2, 0) is 4.79 Å². The molecule has 0 aliphatic carbocycles. The number of hydrogen-bond donors (Lipinski definition) is 1. The van der Waals surface area contributed by atoms with Crippen LogP contribution in [0.25, 0.3) is 0 Å². The second-order valence-corrected chi connectivity index (χ2v) is 6.94. The van der Waals surface area contributed by atoms with E-state index in [9.17, 15) is 4.79 Å². The quantitative estimate of drug-likeness (QED) is 0.731. The minimum absolute atomic E-state index is 0.0610. The lowest BCUT2D eigenvalue weighted by Gasteiger charge is -2.21. The van der Waals surface area contributed by atoms with Crippen LogP contribution in [0.3, 0.4) is 0 Å². The van der Waals surface area contributed by atoms with Gasteiger partial charge >= 0.3 is 5.97 Å². The first kappa shape index (κ1) is 17.1. The zero-order chi connectivity index (χ0) is 15.3. The van der Waals surface area contributed by atoms with Gasteiger partial charge in [-0.1, -0.05) is 39.5 Å². The summed E-state index contributed by atoms with van der Waals surface area (Å²) in [5.74, 6) is 0.332. The van der Waals surface area contributed by atoms with Crippen LogP contribution in [-0.4, -0.2) is 26.4 Å². The maximum absolute atomic E-state index is 10.8. The van der Waals surface area contributed by atoms with Gasteiger partial charge < -0.3 is 9.67 Å². The van der Waals surface area contributed by atoms with Crippen LogP contribution in [0.4, 0.5) is 0 Å². The second-order valence-electron chi connectivity index (χ2n) is 5.99. The molecule has 0 aliphatic rings. The third-order valence-electron chi connectivity index (χ3n) is 3.31. The van der Waals surface area contributed by atoms with Crippen LogP contribution in [0.2, 0.25) is 0 Å². The predicted molar refractivity (Wildman–Crippen MR) is 83.5 cm³/mol. The Labute approximate surface area is 126 Å². The van der Waals surface area contributed by atoms with E-state index >= 15 is 0 Å². The van der Waals surface area contributed by atoms with Crippen molar-refractivity contribution >= 4 is 17.7 Å². The monoisotopic (exact) mass is 298 g/mol. The Balaban J connectivity index is 2.92. The van der Waals surface area contributed by atoms with Gasteiger partial charge in [-0.3, -0.25) is 4.79 Å². The Kier molecular flexibility index (Phi) is 6.59. The summed E-state index contributed by atoms with van der Waals surface area (Å²) in [6, 6.07) is 0.355. The summed E-state index contributed by atoms with van der Waals surface area (Å²) < 4.78 is 2.22. The highest BCUT2D eigenvalue weighted by Gasteiger charge is 2.18. The van der Waals surface area contributed by atoms with Gasteiger partial charge in [-0.15, -0.1) is 0 Å². The van der Waals surface area contributed by atoms with Gasteiger partial charge in [0.15, 0.2) is 5.16 Å². The van der Waals surface area contributed by atoms with Crippen LogP contribution < -0.4 is 0 Å². The van der Waals surface area contributed by atoms with Crippen LogP contribution >= 0.6 is 11.8 Å². The highest BCUT2D eigenvalue weighted by Crippen LogP contribution is 2.29. The number of aliphatic carboxylic acids is 1. The summed E-state index contributed by atoms with van der Waals surface area (Å²) in [7, 11) is 0. The van der Waals surface area contributed by atoms with Crippen LogP contribution in [0.15, 0.2) is 11.4 Å². The summed E-state index contributed by atoms with van der Waals surface area (Å²) >= 11 is 1.31. The van der Waals surface area contributed by atoms with E-state index in [0.29, 0.717) is 17.9 Å². The molecule has 0 spiro atoms. The zero-order valence-corrected chi connectivity index (χ0v) is 13.9. The summed E-state index contributed by atoms with van der Waals surface area (Å²) in [4.78, 5) is 15.2. The van der Waals surface area contributed by atoms with Gasteiger partial charge in [0.1, 0.15) is 0 Å². The molecular formula is C15H26N2O2S. The van der Waals surface area contributed by atoms with Crippen molar-refractivity contribution in [1.29, 1.82) is 0 Å².